The summed E-state index contributed by atoms with van der Waals surface area (Å²) < 4.78 is 69.0. The molecule has 0 radical (unpaired) electrons. The molecule has 2 N–H and O–H groups in total. The molecule has 0 atom stereocenters. The lowest BCUT2D eigenvalue weighted by molar-refractivity contribution is -0.137. The molecule has 0 saturated carbocycles. The van der Waals surface area contributed by atoms with Crippen molar-refractivity contribution < 1.29 is 31.1 Å². The second kappa shape index (κ2) is 9.57. The zero-order valence-electron chi connectivity index (χ0n) is 15.2. The summed E-state index contributed by atoms with van der Waals surface area (Å²) in [5.74, 6) is -0.196. The smallest absolute Gasteiger partial charge is 0.416 e. The Labute approximate surface area is 166 Å². The lowest BCUT2D eigenvalue weighted by atomic mass is 10.2. The van der Waals surface area contributed by atoms with Gasteiger partial charge < -0.3 is 10.1 Å². The van der Waals surface area contributed by atoms with Gasteiger partial charge in [0.05, 0.1) is 17.0 Å². The average molecular weight is 428 g/mol. The molecule has 0 spiro atoms. The third-order valence-corrected chi connectivity index (χ3v) is 5.12. The molecule has 0 saturated heterocycles. The number of hydrogen-bond donors (Lipinski definition) is 2. The number of carbonyl (C=O) groups excluding carboxylic acids is 1. The van der Waals surface area contributed by atoms with Crippen molar-refractivity contribution in [3.8, 4) is 5.75 Å². The minimum atomic E-state index is -4.41. The minimum Gasteiger partial charge on any atom is -0.492 e. The molecule has 29 heavy (non-hydrogen) atoms. The van der Waals surface area contributed by atoms with E-state index in [4.69, 9.17) is 4.74 Å². The molecule has 0 aliphatic rings. The number of benzene rings is 2. The van der Waals surface area contributed by atoms with E-state index in [0.29, 0.717) is 0 Å². The van der Waals surface area contributed by atoms with Gasteiger partial charge in [-0.3, -0.25) is 4.79 Å². The molecular weight excluding hydrogens is 409 g/mol. The number of halogens is 3. The van der Waals surface area contributed by atoms with Crippen molar-refractivity contribution in [3.63, 3.8) is 0 Å². The summed E-state index contributed by atoms with van der Waals surface area (Å²) in [6, 6.07) is 9.57. The van der Waals surface area contributed by atoms with Gasteiger partial charge in [-0.15, -0.1) is 6.58 Å². The van der Waals surface area contributed by atoms with Gasteiger partial charge in [-0.1, -0.05) is 6.08 Å². The average Bonchev–Trinajstić information content (AvgIpc) is 2.69. The summed E-state index contributed by atoms with van der Waals surface area (Å²) in [5, 5.41) is 2.58. The highest BCUT2D eigenvalue weighted by atomic mass is 32.2. The summed E-state index contributed by atoms with van der Waals surface area (Å²) in [6.07, 6.45) is -3.00. The van der Waals surface area contributed by atoms with E-state index in [9.17, 15) is 26.4 Å². The Bertz CT molecular complexity index is 941. The first kappa shape index (κ1) is 22.4. The van der Waals surface area contributed by atoms with Gasteiger partial charge in [0, 0.05) is 12.1 Å². The van der Waals surface area contributed by atoms with E-state index in [1.54, 1.807) is 0 Å². The molecule has 0 aliphatic carbocycles. The summed E-state index contributed by atoms with van der Waals surface area (Å²) in [4.78, 5) is 12.1. The molecular formula is C19H19F3N2O4S. The standard InChI is InChI=1S/C19H19F3N2O4S/c1-2-11-24-29(26,27)17-9-3-14(4-10-17)18(25)23-12-13-28-16-7-5-15(6-8-16)19(20,21)22/h2-10,24H,1,11-13H2,(H,23,25). The summed E-state index contributed by atoms with van der Waals surface area (Å²) in [7, 11) is -3.67. The maximum Gasteiger partial charge on any atom is 0.416 e. The van der Waals surface area contributed by atoms with Gasteiger partial charge in [-0.25, -0.2) is 13.1 Å². The Balaban J connectivity index is 1.83. The van der Waals surface area contributed by atoms with E-state index < -0.39 is 27.7 Å². The fourth-order valence-corrected chi connectivity index (χ4v) is 3.21. The second-order valence-electron chi connectivity index (χ2n) is 5.79. The van der Waals surface area contributed by atoms with Crippen molar-refractivity contribution in [2.24, 2.45) is 0 Å². The number of ether oxygens (including phenoxy) is 1. The van der Waals surface area contributed by atoms with Crippen LogP contribution in [0, 0.1) is 0 Å². The van der Waals surface area contributed by atoms with Crippen molar-refractivity contribution in [1.82, 2.24) is 10.0 Å². The third-order valence-electron chi connectivity index (χ3n) is 3.68. The molecule has 0 fully saturated rings. The van der Waals surface area contributed by atoms with Gasteiger partial charge >= 0.3 is 6.18 Å². The van der Waals surface area contributed by atoms with Gasteiger partial charge in [0.15, 0.2) is 0 Å². The zero-order valence-corrected chi connectivity index (χ0v) is 16.0. The van der Waals surface area contributed by atoms with Crippen LogP contribution in [0.15, 0.2) is 66.1 Å². The Morgan fingerprint density at radius 1 is 1.07 bits per heavy atom. The van der Waals surface area contributed by atoms with Crippen LogP contribution in [0.5, 0.6) is 5.75 Å². The van der Waals surface area contributed by atoms with Crippen molar-refractivity contribution in [1.29, 1.82) is 0 Å². The number of sulfonamides is 1. The van der Waals surface area contributed by atoms with Crippen molar-refractivity contribution in [3.05, 3.63) is 72.3 Å². The Morgan fingerprint density at radius 3 is 2.24 bits per heavy atom. The number of nitrogens with one attached hydrogen (secondary N) is 2. The summed E-state index contributed by atoms with van der Waals surface area (Å²) in [5.41, 5.74) is -0.523. The first-order valence-electron chi connectivity index (χ1n) is 8.42. The number of carbonyl (C=O) groups is 1. The predicted octanol–water partition coefficient (Wildman–Crippen LogP) is 2.98. The van der Waals surface area contributed by atoms with Gasteiger partial charge in [-0.05, 0) is 48.5 Å². The fourth-order valence-electron chi connectivity index (χ4n) is 2.21. The lowest BCUT2D eigenvalue weighted by Crippen LogP contribution is -2.28. The normalized spacial score (nSPS) is 11.7. The largest absolute Gasteiger partial charge is 0.492 e. The van der Waals surface area contributed by atoms with Gasteiger partial charge in [-0.2, -0.15) is 13.2 Å². The first-order chi connectivity index (χ1) is 13.6. The van der Waals surface area contributed by atoms with Crippen LogP contribution in [0.25, 0.3) is 0 Å². The Morgan fingerprint density at radius 2 is 1.69 bits per heavy atom. The molecule has 0 heterocycles. The van der Waals surface area contributed by atoms with Crippen LogP contribution < -0.4 is 14.8 Å². The summed E-state index contributed by atoms with van der Waals surface area (Å²) in [6.45, 7) is 3.68. The molecule has 10 heteroatoms. The van der Waals surface area contributed by atoms with Crippen LogP contribution in [-0.4, -0.2) is 34.0 Å². The number of alkyl halides is 3. The van der Waals surface area contributed by atoms with E-state index in [-0.39, 0.29) is 35.9 Å². The number of amides is 1. The van der Waals surface area contributed by atoms with Crippen molar-refractivity contribution >= 4 is 15.9 Å². The molecule has 0 aliphatic heterocycles. The Kier molecular flexibility index (Phi) is 7.40. The molecule has 1 amide bonds. The third kappa shape index (κ3) is 6.61. The van der Waals surface area contributed by atoms with Crippen LogP contribution >= 0.6 is 0 Å². The molecule has 156 valence electrons. The predicted molar refractivity (Wildman–Crippen MR) is 101 cm³/mol. The molecule has 2 rings (SSSR count). The number of hydrogen-bond acceptors (Lipinski definition) is 4. The van der Waals surface area contributed by atoms with Crippen LogP contribution in [0.3, 0.4) is 0 Å². The SMILES string of the molecule is C=CCNS(=O)(=O)c1ccc(C(=O)NCCOc2ccc(C(F)(F)F)cc2)cc1. The topological polar surface area (TPSA) is 84.5 Å². The van der Waals surface area contributed by atoms with Crippen LogP contribution in [0.2, 0.25) is 0 Å². The maximum atomic E-state index is 12.5. The van der Waals surface area contributed by atoms with Gasteiger partial charge in [0.25, 0.3) is 5.91 Å². The van der Waals surface area contributed by atoms with Crippen LogP contribution in [0.1, 0.15) is 15.9 Å². The van der Waals surface area contributed by atoms with Gasteiger partial charge in [0.1, 0.15) is 12.4 Å². The molecule has 0 aromatic heterocycles. The summed E-state index contributed by atoms with van der Waals surface area (Å²) >= 11 is 0. The van der Waals surface area contributed by atoms with E-state index in [0.717, 1.165) is 12.1 Å². The second-order valence-corrected chi connectivity index (χ2v) is 7.56. The van der Waals surface area contributed by atoms with E-state index in [1.807, 2.05) is 0 Å². The fraction of sp³-hybridized carbons (Fsp3) is 0.211. The van der Waals surface area contributed by atoms with Crippen molar-refractivity contribution in [2.45, 2.75) is 11.1 Å². The van der Waals surface area contributed by atoms with E-state index >= 15 is 0 Å². The van der Waals surface area contributed by atoms with E-state index in [2.05, 4.69) is 16.6 Å². The minimum absolute atomic E-state index is 0.0153. The molecule has 2 aromatic carbocycles. The van der Waals surface area contributed by atoms with Crippen molar-refractivity contribution in [2.75, 3.05) is 19.7 Å². The highest BCUT2D eigenvalue weighted by Gasteiger charge is 2.30. The van der Waals surface area contributed by atoms with Gasteiger partial charge in [0.2, 0.25) is 10.0 Å². The lowest BCUT2D eigenvalue weighted by Gasteiger charge is -2.10. The van der Waals surface area contributed by atoms with Crippen LogP contribution in [0.4, 0.5) is 13.2 Å². The maximum absolute atomic E-state index is 12.5. The molecule has 2 aromatic rings. The highest BCUT2D eigenvalue weighted by molar-refractivity contribution is 7.89. The van der Waals surface area contributed by atoms with E-state index in [1.165, 1.54) is 42.5 Å². The monoisotopic (exact) mass is 428 g/mol. The molecule has 0 unspecified atom stereocenters. The quantitative estimate of drug-likeness (QED) is 0.475. The zero-order chi connectivity index (χ0) is 21.5. The first-order valence-corrected chi connectivity index (χ1v) is 9.90. The van der Waals surface area contributed by atoms with Crippen LogP contribution in [-0.2, 0) is 16.2 Å². The number of rotatable bonds is 9. The highest BCUT2D eigenvalue weighted by Crippen LogP contribution is 2.30. The molecule has 6 nitrogen and oxygen atoms in total. The molecule has 0 bridgehead atoms. The Hall–Kier alpha value is -2.85.